The Kier molecular flexibility index (Phi) is 5.25. The first-order chi connectivity index (χ1) is 13.0. The average Bonchev–Trinajstić information content (AvgIpc) is 2.68. The molecule has 0 saturated heterocycles. The molecule has 0 unspecified atom stereocenters. The Morgan fingerprint density at radius 2 is 1.78 bits per heavy atom. The third kappa shape index (κ3) is 4.17. The summed E-state index contributed by atoms with van der Waals surface area (Å²) in [4.78, 5) is 16.2. The highest BCUT2D eigenvalue weighted by atomic mass is 19.2. The summed E-state index contributed by atoms with van der Waals surface area (Å²) in [6.07, 6.45) is 1.39. The Balaban J connectivity index is 1.78. The van der Waals surface area contributed by atoms with Gasteiger partial charge in [0.25, 0.3) is 5.91 Å². The highest BCUT2D eigenvalue weighted by Gasteiger charge is 2.16. The van der Waals surface area contributed by atoms with Crippen LogP contribution in [0.1, 0.15) is 10.5 Å². The molecule has 138 valence electrons. The molecule has 1 aromatic heterocycles. The zero-order chi connectivity index (χ0) is 19.4. The molecule has 8 heteroatoms. The number of halogens is 3. The van der Waals surface area contributed by atoms with Crippen LogP contribution in [0.2, 0.25) is 0 Å². The van der Waals surface area contributed by atoms with Crippen molar-refractivity contribution in [2.75, 3.05) is 17.7 Å². The molecule has 0 atom stereocenters. The van der Waals surface area contributed by atoms with Crippen LogP contribution in [-0.2, 0) is 0 Å². The molecule has 2 N–H and O–H groups in total. The molecule has 3 aromatic rings. The lowest BCUT2D eigenvalue weighted by molar-refractivity contribution is 0.102. The smallest absolute Gasteiger partial charge is 0.274 e. The van der Waals surface area contributed by atoms with Gasteiger partial charge < -0.3 is 15.4 Å². The molecule has 0 aliphatic carbocycles. The van der Waals surface area contributed by atoms with Gasteiger partial charge in [-0.1, -0.05) is 6.07 Å². The molecule has 2 aromatic carbocycles. The molecular formula is C19H14F3N3O2. The van der Waals surface area contributed by atoms with Crippen molar-refractivity contribution >= 4 is 23.0 Å². The van der Waals surface area contributed by atoms with Gasteiger partial charge in [-0.15, -0.1) is 0 Å². The van der Waals surface area contributed by atoms with Crippen molar-refractivity contribution in [3.05, 3.63) is 77.9 Å². The summed E-state index contributed by atoms with van der Waals surface area (Å²) >= 11 is 0. The monoisotopic (exact) mass is 373 g/mol. The normalized spacial score (nSPS) is 10.4. The van der Waals surface area contributed by atoms with E-state index in [-0.39, 0.29) is 5.69 Å². The number of pyridine rings is 1. The molecule has 27 heavy (non-hydrogen) atoms. The van der Waals surface area contributed by atoms with Crippen molar-refractivity contribution in [2.24, 2.45) is 0 Å². The van der Waals surface area contributed by atoms with Crippen molar-refractivity contribution in [1.82, 2.24) is 4.98 Å². The quantitative estimate of drug-likeness (QED) is 0.647. The Hall–Kier alpha value is -3.55. The summed E-state index contributed by atoms with van der Waals surface area (Å²) in [5.74, 6) is -4.59. The standard InChI is InChI=1S/C19H14F3N3O2/c1-27-13-4-2-3-11(9-13)24-12-7-8-23-16(10-12)19(26)25-15-6-5-14(20)17(21)18(15)22/h2-10H,1H3,(H,23,24)(H,25,26). The molecule has 0 aliphatic rings. The fourth-order valence-corrected chi connectivity index (χ4v) is 2.31. The summed E-state index contributed by atoms with van der Waals surface area (Å²) in [6, 6.07) is 11.9. The second-order valence-electron chi connectivity index (χ2n) is 5.46. The van der Waals surface area contributed by atoms with E-state index in [1.54, 1.807) is 37.4 Å². The molecule has 0 radical (unpaired) electrons. The lowest BCUT2D eigenvalue weighted by Gasteiger charge is -2.10. The average molecular weight is 373 g/mol. The van der Waals surface area contributed by atoms with Crippen LogP contribution in [0.15, 0.2) is 54.7 Å². The van der Waals surface area contributed by atoms with Gasteiger partial charge in [0, 0.05) is 23.6 Å². The number of aromatic nitrogens is 1. The summed E-state index contributed by atoms with van der Waals surface area (Å²) in [5.41, 5.74) is 0.756. The van der Waals surface area contributed by atoms with Crippen LogP contribution < -0.4 is 15.4 Å². The van der Waals surface area contributed by atoms with Crippen LogP contribution in [0, 0.1) is 17.5 Å². The number of carbonyl (C=O) groups is 1. The van der Waals surface area contributed by atoms with E-state index < -0.39 is 29.0 Å². The number of methoxy groups -OCH3 is 1. The maximum atomic E-state index is 13.7. The first-order valence-electron chi connectivity index (χ1n) is 7.80. The number of ether oxygens (including phenoxy) is 1. The minimum Gasteiger partial charge on any atom is -0.497 e. The summed E-state index contributed by atoms with van der Waals surface area (Å²) in [7, 11) is 1.55. The number of hydrogen-bond donors (Lipinski definition) is 2. The molecule has 0 fully saturated rings. The molecule has 0 saturated carbocycles. The lowest BCUT2D eigenvalue weighted by Crippen LogP contribution is -2.15. The molecule has 0 bridgehead atoms. The van der Waals surface area contributed by atoms with E-state index >= 15 is 0 Å². The third-order valence-corrected chi connectivity index (χ3v) is 3.63. The van der Waals surface area contributed by atoms with Crippen LogP contribution in [-0.4, -0.2) is 18.0 Å². The van der Waals surface area contributed by atoms with Crippen molar-refractivity contribution in [1.29, 1.82) is 0 Å². The predicted molar refractivity (Wildman–Crippen MR) is 94.8 cm³/mol. The van der Waals surface area contributed by atoms with Gasteiger partial charge in [0.05, 0.1) is 12.8 Å². The molecule has 1 amide bonds. The van der Waals surface area contributed by atoms with Gasteiger partial charge in [-0.25, -0.2) is 13.2 Å². The SMILES string of the molecule is COc1cccc(Nc2ccnc(C(=O)Nc3ccc(F)c(F)c3F)c2)c1. The number of anilines is 3. The van der Waals surface area contributed by atoms with E-state index in [4.69, 9.17) is 4.74 Å². The van der Waals surface area contributed by atoms with Gasteiger partial charge in [-0.05, 0) is 36.4 Å². The van der Waals surface area contributed by atoms with Crippen molar-refractivity contribution in [2.45, 2.75) is 0 Å². The predicted octanol–water partition coefficient (Wildman–Crippen LogP) is 4.50. The molecule has 1 heterocycles. The van der Waals surface area contributed by atoms with Crippen LogP contribution in [0.4, 0.5) is 30.2 Å². The van der Waals surface area contributed by atoms with E-state index in [1.165, 1.54) is 12.3 Å². The minimum absolute atomic E-state index is 0.0352. The Labute approximate surface area is 152 Å². The van der Waals surface area contributed by atoms with E-state index in [0.717, 1.165) is 17.8 Å². The van der Waals surface area contributed by atoms with Crippen LogP contribution in [0.5, 0.6) is 5.75 Å². The zero-order valence-corrected chi connectivity index (χ0v) is 14.1. The van der Waals surface area contributed by atoms with Crippen molar-refractivity contribution < 1.29 is 22.7 Å². The second kappa shape index (κ2) is 7.77. The fourth-order valence-electron chi connectivity index (χ4n) is 2.31. The van der Waals surface area contributed by atoms with Gasteiger partial charge in [0.2, 0.25) is 0 Å². The number of rotatable bonds is 5. The maximum Gasteiger partial charge on any atom is 0.274 e. The van der Waals surface area contributed by atoms with Crippen molar-refractivity contribution in [3.8, 4) is 5.75 Å². The van der Waals surface area contributed by atoms with Crippen molar-refractivity contribution in [3.63, 3.8) is 0 Å². The molecule has 5 nitrogen and oxygen atoms in total. The van der Waals surface area contributed by atoms with E-state index in [1.807, 2.05) is 0 Å². The van der Waals surface area contributed by atoms with Crippen LogP contribution >= 0.6 is 0 Å². The Bertz CT molecular complexity index is 996. The van der Waals surface area contributed by atoms with Gasteiger partial charge >= 0.3 is 0 Å². The summed E-state index contributed by atoms with van der Waals surface area (Å²) in [6.45, 7) is 0. The number of nitrogens with one attached hydrogen (secondary N) is 2. The Morgan fingerprint density at radius 1 is 1.00 bits per heavy atom. The topological polar surface area (TPSA) is 63.2 Å². The van der Waals surface area contributed by atoms with E-state index in [2.05, 4.69) is 15.6 Å². The lowest BCUT2D eigenvalue weighted by atomic mass is 10.2. The fraction of sp³-hybridized carbons (Fsp3) is 0.0526. The molecule has 3 rings (SSSR count). The number of nitrogens with zero attached hydrogens (tertiary/aromatic N) is 1. The highest BCUT2D eigenvalue weighted by Crippen LogP contribution is 2.23. The van der Waals surface area contributed by atoms with E-state index in [0.29, 0.717) is 11.4 Å². The zero-order valence-electron chi connectivity index (χ0n) is 14.1. The number of carbonyl (C=O) groups excluding carboxylic acids is 1. The maximum absolute atomic E-state index is 13.7. The summed E-state index contributed by atoms with van der Waals surface area (Å²) in [5, 5.41) is 5.26. The number of amides is 1. The van der Waals surface area contributed by atoms with Gasteiger partial charge in [-0.2, -0.15) is 0 Å². The van der Waals surface area contributed by atoms with Crippen LogP contribution in [0.25, 0.3) is 0 Å². The first-order valence-corrected chi connectivity index (χ1v) is 7.80. The molecule has 0 spiro atoms. The van der Waals surface area contributed by atoms with E-state index in [9.17, 15) is 18.0 Å². The highest BCUT2D eigenvalue weighted by molar-refractivity contribution is 6.03. The van der Waals surface area contributed by atoms with Gasteiger partial charge in [0.15, 0.2) is 17.5 Å². The van der Waals surface area contributed by atoms with Gasteiger partial charge in [-0.3, -0.25) is 9.78 Å². The summed E-state index contributed by atoms with van der Waals surface area (Å²) < 4.78 is 45.1. The largest absolute Gasteiger partial charge is 0.497 e. The molecular weight excluding hydrogens is 359 g/mol. The third-order valence-electron chi connectivity index (χ3n) is 3.63. The second-order valence-corrected chi connectivity index (χ2v) is 5.46. The number of benzene rings is 2. The molecule has 0 aliphatic heterocycles. The Morgan fingerprint density at radius 3 is 2.56 bits per heavy atom. The minimum atomic E-state index is -1.66. The van der Waals surface area contributed by atoms with Crippen LogP contribution in [0.3, 0.4) is 0 Å². The first kappa shape index (κ1) is 18.2. The van der Waals surface area contributed by atoms with Gasteiger partial charge in [0.1, 0.15) is 11.4 Å². The number of hydrogen-bond acceptors (Lipinski definition) is 4.